The molecule has 2 nitrogen and oxygen atoms in total. The number of benzene rings is 2. The Kier molecular flexibility index (Phi) is 3.05. The maximum absolute atomic E-state index is 9.62. The normalized spacial score (nSPS) is 10.4. The van der Waals surface area contributed by atoms with Gasteiger partial charge in [0.25, 0.3) is 0 Å². The summed E-state index contributed by atoms with van der Waals surface area (Å²) in [5, 5.41) is 19.2. The number of phenols is 2. The summed E-state index contributed by atoms with van der Waals surface area (Å²) in [4.78, 5) is 0. The van der Waals surface area contributed by atoms with Gasteiger partial charge in [-0.05, 0) is 64.4 Å². The number of rotatable bonds is 1. The van der Waals surface area contributed by atoms with Crippen molar-refractivity contribution in [2.24, 2.45) is 0 Å². The molecule has 0 spiro atoms. The molecule has 3 heteroatoms. The third kappa shape index (κ3) is 2.14. The lowest BCUT2D eigenvalue weighted by Gasteiger charge is -2.06. The van der Waals surface area contributed by atoms with E-state index in [1.54, 1.807) is 12.1 Å². The molecule has 0 aliphatic heterocycles. The fraction of sp³-hybridized carbons (Fsp3) is 0.0769. The van der Waals surface area contributed by atoms with E-state index in [2.05, 4.69) is 22.6 Å². The maximum atomic E-state index is 9.62. The van der Waals surface area contributed by atoms with Crippen molar-refractivity contribution in [2.75, 3.05) is 0 Å². The number of hydrogen-bond acceptors (Lipinski definition) is 2. The minimum absolute atomic E-state index is 0.262. The van der Waals surface area contributed by atoms with Crippen LogP contribution >= 0.6 is 22.6 Å². The highest BCUT2D eigenvalue weighted by molar-refractivity contribution is 14.1. The van der Waals surface area contributed by atoms with Gasteiger partial charge in [-0.1, -0.05) is 18.2 Å². The predicted molar refractivity (Wildman–Crippen MR) is 72.7 cm³/mol. The molecule has 82 valence electrons. The van der Waals surface area contributed by atoms with Gasteiger partial charge in [-0.15, -0.1) is 0 Å². The Labute approximate surface area is 108 Å². The standard InChI is InChI=1S/C13H11IO2/c1-8-2-3-9(6-12(8)15)10-4-5-11(14)13(16)7-10/h2-7,15-16H,1H3. The van der Waals surface area contributed by atoms with E-state index >= 15 is 0 Å². The molecule has 2 aromatic rings. The molecule has 16 heavy (non-hydrogen) atoms. The molecule has 0 aromatic heterocycles. The monoisotopic (exact) mass is 326 g/mol. The quantitative estimate of drug-likeness (QED) is 0.785. The van der Waals surface area contributed by atoms with E-state index in [0.717, 1.165) is 20.3 Å². The van der Waals surface area contributed by atoms with Crippen molar-refractivity contribution in [3.8, 4) is 22.6 Å². The highest BCUT2D eigenvalue weighted by atomic mass is 127. The van der Waals surface area contributed by atoms with Gasteiger partial charge < -0.3 is 10.2 Å². The number of phenolic OH excluding ortho intramolecular Hbond substituents is 2. The molecule has 2 aromatic carbocycles. The summed E-state index contributed by atoms with van der Waals surface area (Å²) in [5.74, 6) is 0.536. The van der Waals surface area contributed by atoms with Crippen molar-refractivity contribution in [3.63, 3.8) is 0 Å². The Morgan fingerprint density at radius 2 is 1.44 bits per heavy atom. The maximum Gasteiger partial charge on any atom is 0.129 e. The molecule has 2 rings (SSSR count). The third-order valence-corrected chi connectivity index (χ3v) is 3.40. The lowest BCUT2D eigenvalue weighted by atomic mass is 10.0. The topological polar surface area (TPSA) is 40.5 Å². The third-order valence-electron chi connectivity index (χ3n) is 2.49. The summed E-state index contributed by atoms with van der Waals surface area (Å²) < 4.78 is 0.817. The Bertz CT molecular complexity index is 486. The van der Waals surface area contributed by atoms with Crippen LogP contribution in [-0.2, 0) is 0 Å². The molecule has 0 saturated carbocycles. The summed E-state index contributed by atoms with van der Waals surface area (Å²) in [6.45, 7) is 1.85. The number of aryl methyl sites for hydroxylation is 1. The number of halogens is 1. The van der Waals surface area contributed by atoms with Crippen LogP contribution in [0.1, 0.15) is 5.56 Å². The first-order valence-electron chi connectivity index (χ1n) is 4.86. The highest BCUT2D eigenvalue weighted by Gasteiger charge is 2.04. The molecule has 0 aliphatic carbocycles. The molecule has 0 atom stereocenters. The smallest absolute Gasteiger partial charge is 0.129 e. The van der Waals surface area contributed by atoms with E-state index in [9.17, 15) is 10.2 Å². The summed E-state index contributed by atoms with van der Waals surface area (Å²) in [5.41, 5.74) is 2.64. The average molecular weight is 326 g/mol. The van der Waals surface area contributed by atoms with Gasteiger partial charge in [0.1, 0.15) is 11.5 Å². The summed E-state index contributed by atoms with van der Waals surface area (Å²) in [7, 11) is 0. The number of aromatic hydroxyl groups is 2. The zero-order valence-electron chi connectivity index (χ0n) is 8.74. The fourth-order valence-corrected chi connectivity index (χ4v) is 1.82. The summed E-state index contributed by atoms with van der Waals surface area (Å²) in [6, 6.07) is 11.0. The summed E-state index contributed by atoms with van der Waals surface area (Å²) in [6.07, 6.45) is 0. The van der Waals surface area contributed by atoms with Crippen molar-refractivity contribution >= 4 is 22.6 Å². The second-order valence-electron chi connectivity index (χ2n) is 3.67. The van der Waals surface area contributed by atoms with Gasteiger partial charge in [0, 0.05) is 0 Å². The average Bonchev–Trinajstić information content (AvgIpc) is 2.26. The van der Waals surface area contributed by atoms with Crippen LogP contribution in [0, 0.1) is 10.5 Å². The van der Waals surface area contributed by atoms with Gasteiger partial charge in [-0.3, -0.25) is 0 Å². The van der Waals surface area contributed by atoms with Crippen LogP contribution in [0.3, 0.4) is 0 Å². The molecular weight excluding hydrogens is 315 g/mol. The van der Waals surface area contributed by atoms with Crippen LogP contribution < -0.4 is 0 Å². The van der Waals surface area contributed by atoms with E-state index in [1.807, 2.05) is 31.2 Å². The van der Waals surface area contributed by atoms with Crippen molar-refractivity contribution in [2.45, 2.75) is 6.92 Å². The molecule has 0 bridgehead atoms. The second-order valence-corrected chi connectivity index (χ2v) is 4.83. The molecule has 0 saturated heterocycles. The van der Waals surface area contributed by atoms with Gasteiger partial charge in [0.2, 0.25) is 0 Å². The van der Waals surface area contributed by atoms with Crippen LogP contribution in [0.5, 0.6) is 11.5 Å². The molecule has 0 fully saturated rings. The van der Waals surface area contributed by atoms with E-state index in [0.29, 0.717) is 0 Å². The van der Waals surface area contributed by atoms with Crippen LogP contribution in [0.15, 0.2) is 36.4 Å². The van der Waals surface area contributed by atoms with Crippen molar-refractivity contribution in [1.29, 1.82) is 0 Å². The predicted octanol–water partition coefficient (Wildman–Crippen LogP) is 3.68. The van der Waals surface area contributed by atoms with Crippen LogP contribution in [-0.4, -0.2) is 10.2 Å². The van der Waals surface area contributed by atoms with E-state index < -0.39 is 0 Å². The largest absolute Gasteiger partial charge is 0.508 e. The Morgan fingerprint density at radius 1 is 0.875 bits per heavy atom. The summed E-state index contributed by atoms with van der Waals surface area (Å²) >= 11 is 2.07. The van der Waals surface area contributed by atoms with Crippen LogP contribution in [0.25, 0.3) is 11.1 Å². The van der Waals surface area contributed by atoms with E-state index in [1.165, 1.54) is 0 Å². The molecule has 2 N–H and O–H groups in total. The zero-order chi connectivity index (χ0) is 11.7. The first-order valence-corrected chi connectivity index (χ1v) is 5.94. The minimum Gasteiger partial charge on any atom is -0.508 e. The first kappa shape index (κ1) is 11.3. The number of hydrogen-bond donors (Lipinski definition) is 2. The van der Waals surface area contributed by atoms with Crippen molar-refractivity contribution in [3.05, 3.63) is 45.5 Å². The van der Waals surface area contributed by atoms with Crippen molar-refractivity contribution in [1.82, 2.24) is 0 Å². The van der Waals surface area contributed by atoms with E-state index in [-0.39, 0.29) is 11.5 Å². The molecule has 0 amide bonds. The fourth-order valence-electron chi connectivity index (χ4n) is 1.48. The Hall–Kier alpha value is -1.23. The van der Waals surface area contributed by atoms with Crippen molar-refractivity contribution < 1.29 is 10.2 Å². The van der Waals surface area contributed by atoms with Crippen LogP contribution in [0.2, 0.25) is 0 Å². The SMILES string of the molecule is Cc1ccc(-c2ccc(I)c(O)c2)cc1O. The van der Waals surface area contributed by atoms with E-state index in [4.69, 9.17) is 0 Å². The second kappa shape index (κ2) is 4.33. The minimum atomic E-state index is 0.262. The first-order chi connectivity index (χ1) is 7.58. The van der Waals surface area contributed by atoms with Crippen LogP contribution in [0.4, 0.5) is 0 Å². The molecule has 0 unspecified atom stereocenters. The van der Waals surface area contributed by atoms with Gasteiger partial charge >= 0.3 is 0 Å². The molecule has 0 heterocycles. The van der Waals surface area contributed by atoms with Gasteiger partial charge in [-0.2, -0.15) is 0 Å². The Morgan fingerprint density at radius 3 is 2.00 bits per heavy atom. The van der Waals surface area contributed by atoms with Gasteiger partial charge in [0.15, 0.2) is 0 Å². The van der Waals surface area contributed by atoms with Gasteiger partial charge in [0.05, 0.1) is 3.57 Å². The lowest BCUT2D eigenvalue weighted by Crippen LogP contribution is -1.81. The van der Waals surface area contributed by atoms with Gasteiger partial charge in [-0.25, -0.2) is 0 Å². The Balaban J connectivity index is 2.50. The highest BCUT2D eigenvalue weighted by Crippen LogP contribution is 2.30. The molecular formula is C13H11IO2. The zero-order valence-corrected chi connectivity index (χ0v) is 10.9. The lowest BCUT2D eigenvalue weighted by molar-refractivity contribution is 0.470. The molecule has 0 radical (unpaired) electrons. The molecule has 0 aliphatic rings.